The van der Waals surface area contributed by atoms with E-state index < -0.39 is 53.8 Å². The minimum atomic E-state index is -2.13. The van der Waals surface area contributed by atoms with Crippen LogP contribution in [0.3, 0.4) is 0 Å². The maximum Gasteiger partial charge on any atom is 0.319 e. The second kappa shape index (κ2) is 26.5. The average Bonchev–Trinajstić information content (AvgIpc) is 3.93. The Kier molecular flexibility index (Phi) is 19.1. The van der Waals surface area contributed by atoms with E-state index in [2.05, 4.69) is 20.5 Å². The smallest absolute Gasteiger partial charge is 0.319 e. The molecule has 1 aromatic heterocycles. The Morgan fingerprint density at radius 2 is 1.47 bits per heavy atom. The van der Waals surface area contributed by atoms with Gasteiger partial charge in [0, 0.05) is 75.4 Å². The lowest BCUT2D eigenvalue weighted by molar-refractivity contribution is -0.159. The molecule has 5 N–H and O–H groups in total. The number of benzene rings is 4. The number of aliphatic hydroxyl groups is 2. The summed E-state index contributed by atoms with van der Waals surface area (Å²) in [6.45, 7) is 8.61. The van der Waals surface area contributed by atoms with Crippen molar-refractivity contribution in [1.29, 1.82) is 0 Å². The normalized spacial score (nSPS) is 17.8. The van der Waals surface area contributed by atoms with Gasteiger partial charge in [0.2, 0.25) is 18.1 Å². The van der Waals surface area contributed by atoms with Gasteiger partial charge in [-0.15, -0.1) is 0 Å². The molecule has 2 atom stereocenters. The van der Waals surface area contributed by atoms with Crippen molar-refractivity contribution in [2.75, 3.05) is 122 Å². The Balaban J connectivity index is 0.653. The largest absolute Gasteiger partial charge is 0.508 e. The number of rotatable bonds is 25. The highest BCUT2D eigenvalue weighted by Gasteiger charge is 2.45. The molecule has 5 aromatic rings. The number of aromatic hydroxyl groups is 1. The Hall–Kier alpha value is -6.67. The summed E-state index contributed by atoms with van der Waals surface area (Å²) in [4.78, 5) is 78.4. The number of carbonyl (C=O) groups is 5. The van der Waals surface area contributed by atoms with Gasteiger partial charge in [-0.2, -0.15) is 9.97 Å². The Morgan fingerprint density at radius 3 is 2.16 bits per heavy atom. The molecule has 3 fully saturated rings. The molecule has 0 saturated carbocycles. The molecule has 9 rings (SSSR count). The first-order valence-corrected chi connectivity index (χ1v) is 26.8. The van der Waals surface area contributed by atoms with Crippen LogP contribution in [0.5, 0.6) is 11.8 Å². The van der Waals surface area contributed by atoms with Crippen LogP contribution in [0.4, 0.5) is 15.9 Å². The third-order valence-corrected chi connectivity index (χ3v) is 14.5. The maximum atomic E-state index is 17.1. The lowest BCUT2D eigenvalue weighted by Crippen LogP contribution is -2.54. The number of halogens is 2. The summed E-state index contributed by atoms with van der Waals surface area (Å²) in [5, 5.41) is 36.7. The van der Waals surface area contributed by atoms with Gasteiger partial charge >= 0.3 is 6.01 Å². The number of anilines is 2. The topological polar surface area (TPSA) is 264 Å². The zero-order valence-corrected chi connectivity index (χ0v) is 44.5. The summed E-state index contributed by atoms with van der Waals surface area (Å²) in [6.07, 6.45) is -0.706. The van der Waals surface area contributed by atoms with Gasteiger partial charge in [0.25, 0.3) is 17.7 Å². The van der Waals surface area contributed by atoms with Crippen LogP contribution in [-0.2, 0) is 38.1 Å². The van der Waals surface area contributed by atoms with E-state index in [9.17, 15) is 39.3 Å². The second-order valence-corrected chi connectivity index (χ2v) is 19.9. The lowest BCUT2D eigenvalue weighted by Gasteiger charge is -2.36. The fourth-order valence-electron chi connectivity index (χ4n) is 10.3. The van der Waals surface area contributed by atoms with Crippen LogP contribution in [0.25, 0.3) is 32.8 Å². The SMILES string of the molecule is C[C@H](CN1CCC(OCCOCCOCCOCCOCCNc2cccc3c2C(=O)N(C2CCC(=O)NC2=O)C3=O)CC1)Oc1nc(N2CCN(C(=O)C(O)O)CC2)c2cc(Cl)c(-c3cc(O)cc4ccccc34)c(F)c2n1. The van der Waals surface area contributed by atoms with Gasteiger partial charge in [0.05, 0.1) is 81.7 Å². The summed E-state index contributed by atoms with van der Waals surface area (Å²) in [7, 11) is 0. The third kappa shape index (κ3) is 13.7. The number of fused-ring (bicyclic) bond motifs is 3. The van der Waals surface area contributed by atoms with Crippen LogP contribution in [-0.4, -0.2) is 206 Å². The van der Waals surface area contributed by atoms with E-state index in [0.717, 1.165) is 30.8 Å². The van der Waals surface area contributed by atoms with E-state index in [-0.39, 0.29) is 84.1 Å². The number of amides is 5. The molecule has 4 aliphatic heterocycles. The number of ether oxygens (including phenoxy) is 6. The van der Waals surface area contributed by atoms with Crippen LogP contribution in [0.2, 0.25) is 5.02 Å². The molecule has 0 bridgehead atoms. The van der Waals surface area contributed by atoms with Crippen molar-refractivity contribution >= 4 is 74.3 Å². The first kappa shape index (κ1) is 57.0. The van der Waals surface area contributed by atoms with Crippen molar-refractivity contribution in [2.45, 2.75) is 57.1 Å². The van der Waals surface area contributed by atoms with E-state index >= 15 is 4.39 Å². The molecular formula is C55H64ClFN8O14. The van der Waals surface area contributed by atoms with Crippen LogP contribution < -0.4 is 20.3 Å². The molecule has 422 valence electrons. The first-order chi connectivity index (χ1) is 38.2. The predicted molar refractivity (Wildman–Crippen MR) is 287 cm³/mol. The number of hydrogen-bond acceptors (Lipinski definition) is 19. The number of phenols is 1. The van der Waals surface area contributed by atoms with Crippen LogP contribution in [0, 0.1) is 5.82 Å². The molecule has 5 amide bonds. The van der Waals surface area contributed by atoms with E-state index in [0.29, 0.717) is 106 Å². The Morgan fingerprint density at radius 1 is 0.785 bits per heavy atom. The van der Waals surface area contributed by atoms with Gasteiger partial charge in [0.1, 0.15) is 29.2 Å². The molecule has 5 heterocycles. The molecule has 0 spiro atoms. The van der Waals surface area contributed by atoms with Gasteiger partial charge in [0.15, 0.2) is 5.82 Å². The summed E-state index contributed by atoms with van der Waals surface area (Å²) in [5.74, 6) is -3.47. The number of nitrogens with zero attached hydrogens (tertiary/aromatic N) is 6. The van der Waals surface area contributed by atoms with Gasteiger partial charge in [-0.1, -0.05) is 41.9 Å². The molecule has 4 aliphatic rings. The quantitative estimate of drug-likeness (QED) is 0.0317. The molecule has 4 aromatic carbocycles. The number of carbonyl (C=O) groups excluding carboxylic acids is 5. The Bertz CT molecular complexity index is 3030. The van der Waals surface area contributed by atoms with Crippen molar-refractivity contribution in [1.82, 2.24) is 30.0 Å². The number of aromatic nitrogens is 2. The number of nitrogens with one attached hydrogen (secondary N) is 2. The molecule has 0 radical (unpaired) electrons. The number of piperidine rings is 2. The van der Waals surface area contributed by atoms with Crippen molar-refractivity contribution in [3.63, 3.8) is 0 Å². The van der Waals surface area contributed by atoms with Gasteiger partial charge in [-0.3, -0.25) is 39.1 Å². The zero-order chi connectivity index (χ0) is 55.6. The van der Waals surface area contributed by atoms with Gasteiger partial charge in [-0.25, -0.2) is 4.39 Å². The number of likely N-dealkylation sites (tertiary alicyclic amines) is 1. The van der Waals surface area contributed by atoms with Crippen LogP contribution >= 0.6 is 11.6 Å². The third-order valence-electron chi connectivity index (χ3n) is 14.2. The lowest BCUT2D eigenvalue weighted by atomic mass is 9.96. The van der Waals surface area contributed by atoms with Crippen molar-refractivity contribution < 1.29 is 72.1 Å². The highest BCUT2D eigenvalue weighted by Crippen LogP contribution is 2.43. The first-order valence-electron chi connectivity index (χ1n) is 26.5. The molecule has 0 aliphatic carbocycles. The molecule has 1 unspecified atom stereocenters. The predicted octanol–water partition coefficient (Wildman–Crippen LogP) is 3.74. The molecular weight excluding hydrogens is 1050 g/mol. The molecule has 79 heavy (non-hydrogen) atoms. The highest BCUT2D eigenvalue weighted by atomic mass is 35.5. The van der Waals surface area contributed by atoms with E-state index in [1.165, 1.54) is 11.0 Å². The summed E-state index contributed by atoms with van der Waals surface area (Å²) < 4.78 is 52.1. The van der Waals surface area contributed by atoms with Crippen molar-refractivity contribution in [3.05, 3.63) is 82.6 Å². The van der Waals surface area contributed by atoms with Gasteiger partial charge < -0.3 is 58.9 Å². The number of imide groups is 2. The molecule has 24 heteroatoms. The molecule has 3 saturated heterocycles. The van der Waals surface area contributed by atoms with Gasteiger partial charge in [-0.05, 0) is 72.9 Å². The summed E-state index contributed by atoms with van der Waals surface area (Å²) >= 11 is 6.89. The van der Waals surface area contributed by atoms with Crippen molar-refractivity contribution in [3.8, 4) is 22.9 Å². The maximum absolute atomic E-state index is 17.1. The number of phenolic OH excluding ortho intramolecular Hbond substituents is 1. The van der Waals surface area contributed by atoms with Crippen molar-refractivity contribution in [2.24, 2.45) is 0 Å². The monoisotopic (exact) mass is 1110 g/mol. The van der Waals surface area contributed by atoms with Crippen LogP contribution in [0.1, 0.15) is 53.3 Å². The Labute approximate surface area is 459 Å². The van der Waals surface area contributed by atoms with E-state index in [4.69, 9.17) is 45.0 Å². The number of hydrogen-bond donors (Lipinski definition) is 5. The standard InChI is InChI=1S/C55H64ClFN8O14/c1-33(79-55-60-48-40(49(61-55)63-16-18-64(19-17-63)53(71)54(72)73)31-41(56)45(47(48)57)39-30-35(66)29-34-5-2-3-6-37(34)39)32-62-14-11-36(12-15-62)78-28-27-77-26-25-76-24-23-75-22-21-74-20-13-58-42-8-4-7-38-46(42)52(70)65(51(38)69)43-9-10-44(67)59-50(43)68/h2-8,29-31,33,36,43,54,58,66,72-73H,9-28,32H2,1H3,(H,59,67,68)/t33-,43?/m1/s1. The highest BCUT2D eigenvalue weighted by molar-refractivity contribution is 6.35. The van der Waals surface area contributed by atoms with E-state index in [1.54, 1.807) is 30.3 Å². The minimum Gasteiger partial charge on any atom is -0.508 e. The summed E-state index contributed by atoms with van der Waals surface area (Å²) in [6, 6.07) is 15.8. The van der Waals surface area contributed by atoms with E-state index in [1.807, 2.05) is 36.1 Å². The van der Waals surface area contributed by atoms with Crippen LogP contribution in [0.15, 0.2) is 60.7 Å². The molecule has 22 nitrogen and oxygen atoms in total. The minimum absolute atomic E-state index is 0.0354. The number of piperazine rings is 1. The second-order valence-electron chi connectivity index (χ2n) is 19.5. The summed E-state index contributed by atoms with van der Waals surface area (Å²) in [5.41, 5.74) is 1.27. The zero-order valence-electron chi connectivity index (χ0n) is 43.7. The number of aliphatic hydroxyl groups excluding tert-OH is 1. The fraction of sp³-hybridized carbons (Fsp3) is 0.473. The average molecular weight is 1120 g/mol. The fourth-order valence-corrected chi connectivity index (χ4v) is 10.6.